The minimum atomic E-state index is 0.446. The summed E-state index contributed by atoms with van der Waals surface area (Å²) in [7, 11) is 0. The molecular formula is C10H17N3S. The summed E-state index contributed by atoms with van der Waals surface area (Å²) >= 11 is 1.31. The summed E-state index contributed by atoms with van der Waals surface area (Å²) in [6.07, 6.45) is 7.13. The minimum Gasteiger partial charge on any atom is -0.309 e. The zero-order chi connectivity index (χ0) is 9.80. The Bertz CT molecular complexity index is 256. The van der Waals surface area contributed by atoms with Crippen molar-refractivity contribution >= 4 is 11.7 Å². The van der Waals surface area contributed by atoms with Crippen molar-refractivity contribution in [2.75, 3.05) is 6.54 Å². The van der Waals surface area contributed by atoms with Gasteiger partial charge in [-0.1, -0.05) is 19.8 Å². The lowest BCUT2D eigenvalue weighted by molar-refractivity contribution is 0.467. The number of aromatic nitrogens is 2. The molecular weight excluding hydrogens is 194 g/mol. The molecule has 1 aromatic heterocycles. The quantitative estimate of drug-likeness (QED) is 0.785. The van der Waals surface area contributed by atoms with E-state index in [0.29, 0.717) is 6.04 Å². The lowest BCUT2D eigenvalue weighted by Crippen LogP contribution is -2.22. The van der Waals surface area contributed by atoms with E-state index in [-0.39, 0.29) is 0 Å². The SMILES string of the molecule is CCCNC(CC1CC1)c1cnsn1. The van der Waals surface area contributed by atoms with E-state index < -0.39 is 0 Å². The van der Waals surface area contributed by atoms with Gasteiger partial charge in [-0.05, 0) is 25.3 Å². The first-order valence-corrected chi connectivity index (χ1v) is 6.14. The van der Waals surface area contributed by atoms with Crippen LogP contribution in [-0.4, -0.2) is 15.3 Å². The minimum absolute atomic E-state index is 0.446. The van der Waals surface area contributed by atoms with Crippen LogP contribution < -0.4 is 5.32 Å². The van der Waals surface area contributed by atoms with Crippen LogP contribution in [0.1, 0.15) is 44.3 Å². The van der Waals surface area contributed by atoms with Crippen molar-refractivity contribution < 1.29 is 0 Å². The van der Waals surface area contributed by atoms with E-state index in [1.165, 1.54) is 37.4 Å². The third-order valence-electron chi connectivity index (χ3n) is 2.64. The van der Waals surface area contributed by atoms with Crippen LogP contribution in [0.5, 0.6) is 0 Å². The lowest BCUT2D eigenvalue weighted by atomic mass is 10.1. The Kier molecular flexibility index (Phi) is 3.48. The average molecular weight is 211 g/mol. The Morgan fingerprint density at radius 3 is 3.07 bits per heavy atom. The van der Waals surface area contributed by atoms with Crippen LogP contribution in [0.15, 0.2) is 6.20 Å². The number of hydrogen-bond acceptors (Lipinski definition) is 4. The van der Waals surface area contributed by atoms with Crippen LogP contribution in [-0.2, 0) is 0 Å². The predicted octanol–water partition coefficient (Wildman–Crippen LogP) is 2.38. The molecule has 0 spiro atoms. The van der Waals surface area contributed by atoms with Gasteiger partial charge in [0.2, 0.25) is 0 Å². The molecule has 1 aliphatic rings. The second-order valence-electron chi connectivity index (χ2n) is 4.02. The van der Waals surface area contributed by atoms with Crippen LogP contribution in [0, 0.1) is 5.92 Å². The van der Waals surface area contributed by atoms with E-state index >= 15 is 0 Å². The van der Waals surface area contributed by atoms with Crippen molar-refractivity contribution in [3.05, 3.63) is 11.9 Å². The first-order chi connectivity index (χ1) is 6.90. The molecule has 1 N–H and O–H groups in total. The van der Waals surface area contributed by atoms with Crippen LogP contribution in [0.2, 0.25) is 0 Å². The zero-order valence-corrected chi connectivity index (χ0v) is 9.39. The number of hydrogen-bond donors (Lipinski definition) is 1. The van der Waals surface area contributed by atoms with Gasteiger partial charge in [0.15, 0.2) is 0 Å². The maximum absolute atomic E-state index is 4.32. The van der Waals surface area contributed by atoms with E-state index in [1.807, 2.05) is 6.20 Å². The Balaban J connectivity index is 1.90. The molecule has 1 heterocycles. The van der Waals surface area contributed by atoms with E-state index in [4.69, 9.17) is 0 Å². The predicted molar refractivity (Wildman–Crippen MR) is 58.3 cm³/mol. The normalized spacial score (nSPS) is 18.4. The third kappa shape index (κ3) is 2.75. The Morgan fingerprint density at radius 1 is 1.64 bits per heavy atom. The largest absolute Gasteiger partial charge is 0.309 e. The van der Waals surface area contributed by atoms with E-state index in [0.717, 1.165) is 18.2 Å². The highest BCUT2D eigenvalue weighted by Gasteiger charge is 2.26. The average Bonchev–Trinajstić information content (AvgIpc) is 2.84. The number of nitrogens with zero attached hydrogens (tertiary/aromatic N) is 2. The molecule has 14 heavy (non-hydrogen) atoms. The van der Waals surface area contributed by atoms with Crippen molar-refractivity contribution in [1.82, 2.24) is 14.1 Å². The topological polar surface area (TPSA) is 37.8 Å². The standard InChI is InChI=1S/C10H17N3S/c1-2-5-11-9(6-8-3-4-8)10-7-12-14-13-10/h7-9,11H,2-6H2,1H3. The first kappa shape index (κ1) is 10.1. The highest BCUT2D eigenvalue weighted by Crippen LogP contribution is 2.37. The highest BCUT2D eigenvalue weighted by atomic mass is 32.1. The third-order valence-corrected chi connectivity index (χ3v) is 3.13. The molecule has 0 amide bonds. The molecule has 3 nitrogen and oxygen atoms in total. The summed E-state index contributed by atoms with van der Waals surface area (Å²) in [5.74, 6) is 0.936. The molecule has 1 aromatic rings. The molecule has 1 atom stereocenters. The van der Waals surface area contributed by atoms with Gasteiger partial charge in [-0.3, -0.25) is 0 Å². The van der Waals surface area contributed by atoms with Gasteiger partial charge in [0, 0.05) is 0 Å². The zero-order valence-electron chi connectivity index (χ0n) is 8.57. The molecule has 2 rings (SSSR count). The van der Waals surface area contributed by atoms with Gasteiger partial charge in [0.25, 0.3) is 0 Å². The van der Waals surface area contributed by atoms with Crippen LogP contribution in [0.3, 0.4) is 0 Å². The summed E-state index contributed by atoms with van der Waals surface area (Å²) in [5, 5.41) is 3.55. The molecule has 0 radical (unpaired) electrons. The van der Waals surface area contributed by atoms with Crippen molar-refractivity contribution in [3.63, 3.8) is 0 Å². The van der Waals surface area contributed by atoms with Crippen molar-refractivity contribution in [3.8, 4) is 0 Å². The molecule has 0 aliphatic heterocycles. The van der Waals surface area contributed by atoms with Gasteiger partial charge < -0.3 is 5.32 Å². The molecule has 0 saturated heterocycles. The van der Waals surface area contributed by atoms with Crippen LogP contribution >= 0.6 is 11.7 Å². The summed E-state index contributed by atoms with van der Waals surface area (Å²) in [6.45, 7) is 3.27. The van der Waals surface area contributed by atoms with Crippen LogP contribution in [0.25, 0.3) is 0 Å². The van der Waals surface area contributed by atoms with Gasteiger partial charge in [0.1, 0.15) is 0 Å². The molecule has 4 heteroatoms. The van der Waals surface area contributed by atoms with Gasteiger partial charge in [0.05, 0.1) is 29.7 Å². The van der Waals surface area contributed by atoms with Gasteiger partial charge >= 0.3 is 0 Å². The molecule has 1 aliphatic carbocycles. The van der Waals surface area contributed by atoms with Crippen molar-refractivity contribution in [1.29, 1.82) is 0 Å². The molecule has 0 bridgehead atoms. The second kappa shape index (κ2) is 4.84. The molecule has 78 valence electrons. The molecule has 1 saturated carbocycles. The molecule has 1 unspecified atom stereocenters. The summed E-state index contributed by atoms with van der Waals surface area (Å²) < 4.78 is 8.39. The number of rotatable bonds is 6. The van der Waals surface area contributed by atoms with Gasteiger partial charge in [-0.15, -0.1) is 0 Å². The molecule has 1 fully saturated rings. The van der Waals surface area contributed by atoms with Crippen molar-refractivity contribution in [2.45, 2.75) is 38.6 Å². The summed E-state index contributed by atoms with van der Waals surface area (Å²) in [6, 6.07) is 0.446. The molecule has 0 aromatic carbocycles. The summed E-state index contributed by atoms with van der Waals surface area (Å²) in [5.41, 5.74) is 1.13. The maximum atomic E-state index is 4.32. The smallest absolute Gasteiger partial charge is 0.0912 e. The fourth-order valence-corrected chi connectivity index (χ4v) is 2.11. The first-order valence-electron chi connectivity index (χ1n) is 5.41. The fraction of sp³-hybridized carbons (Fsp3) is 0.800. The van der Waals surface area contributed by atoms with E-state index in [2.05, 4.69) is 21.0 Å². The van der Waals surface area contributed by atoms with Crippen LogP contribution in [0.4, 0.5) is 0 Å². The second-order valence-corrected chi connectivity index (χ2v) is 4.57. The Morgan fingerprint density at radius 2 is 2.50 bits per heavy atom. The Hall–Kier alpha value is -0.480. The Labute approximate surface area is 89.3 Å². The van der Waals surface area contributed by atoms with E-state index in [9.17, 15) is 0 Å². The van der Waals surface area contributed by atoms with E-state index in [1.54, 1.807) is 0 Å². The monoisotopic (exact) mass is 211 g/mol. The highest BCUT2D eigenvalue weighted by molar-refractivity contribution is 6.99. The number of nitrogens with one attached hydrogen (secondary N) is 1. The summed E-state index contributed by atoms with van der Waals surface area (Å²) in [4.78, 5) is 0. The van der Waals surface area contributed by atoms with Gasteiger partial charge in [-0.25, -0.2) is 0 Å². The fourth-order valence-electron chi connectivity index (χ4n) is 1.64. The van der Waals surface area contributed by atoms with Gasteiger partial charge in [-0.2, -0.15) is 8.75 Å². The van der Waals surface area contributed by atoms with Crippen molar-refractivity contribution in [2.24, 2.45) is 5.92 Å². The maximum Gasteiger partial charge on any atom is 0.0912 e. The lowest BCUT2D eigenvalue weighted by Gasteiger charge is -2.15.